The van der Waals surface area contributed by atoms with E-state index in [0.29, 0.717) is 38.9 Å². The van der Waals surface area contributed by atoms with E-state index in [1.165, 1.54) is 0 Å². The van der Waals surface area contributed by atoms with E-state index in [0.717, 1.165) is 16.9 Å². The van der Waals surface area contributed by atoms with Crippen molar-refractivity contribution in [2.24, 2.45) is 5.92 Å². The van der Waals surface area contributed by atoms with Gasteiger partial charge in [0.15, 0.2) is 0 Å². The van der Waals surface area contributed by atoms with Gasteiger partial charge >= 0.3 is 5.97 Å². The highest BCUT2D eigenvalue weighted by Gasteiger charge is 2.24. The van der Waals surface area contributed by atoms with Crippen LogP contribution in [0.15, 0.2) is 24.3 Å². The van der Waals surface area contributed by atoms with Gasteiger partial charge in [-0.1, -0.05) is 37.6 Å². The first-order chi connectivity index (χ1) is 12.9. The number of nitriles is 1. The van der Waals surface area contributed by atoms with Gasteiger partial charge < -0.3 is 10.1 Å². The Morgan fingerprint density at radius 3 is 2.63 bits per heavy atom. The van der Waals surface area contributed by atoms with Gasteiger partial charge in [-0.25, -0.2) is 4.79 Å². The Labute approximate surface area is 167 Å². The Morgan fingerprint density at radius 2 is 2.04 bits per heavy atom. The van der Waals surface area contributed by atoms with Gasteiger partial charge in [-0.2, -0.15) is 5.26 Å². The van der Waals surface area contributed by atoms with E-state index in [-0.39, 0.29) is 18.4 Å². The summed E-state index contributed by atoms with van der Waals surface area (Å²) >= 11 is 7.00. The minimum Gasteiger partial charge on any atom is -0.457 e. The molecular formula is C20H21ClN2O3S. The summed E-state index contributed by atoms with van der Waals surface area (Å²) in [4.78, 5) is 25.1. The molecule has 27 heavy (non-hydrogen) atoms. The maximum atomic E-state index is 12.5. The summed E-state index contributed by atoms with van der Waals surface area (Å²) in [5, 5.41) is 13.2. The van der Waals surface area contributed by atoms with Crippen molar-refractivity contribution in [2.45, 2.75) is 40.2 Å². The molecule has 1 aromatic carbocycles. The normalized spacial score (nSPS) is 10.5. The van der Waals surface area contributed by atoms with Crippen molar-refractivity contribution in [1.82, 2.24) is 0 Å². The Hall–Kier alpha value is -2.36. The van der Waals surface area contributed by atoms with Crippen LogP contribution in [-0.2, 0) is 16.1 Å². The molecule has 142 valence electrons. The summed E-state index contributed by atoms with van der Waals surface area (Å²) in [7, 11) is 0. The lowest BCUT2D eigenvalue weighted by Crippen LogP contribution is -2.21. The second-order valence-electron chi connectivity index (χ2n) is 6.08. The Bertz CT molecular complexity index is 882. The second-order valence-corrected chi connectivity index (χ2v) is 7.54. The van der Waals surface area contributed by atoms with Crippen LogP contribution in [0.4, 0.5) is 5.00 Å². The summed E-state index contributed by atoms with van der Waals surface area (Å²) < 4.78 is 5.35. The van der Waals surface area contributed by atoms with E-state index in [2.05, 4.69) is 11.4 Å². The molecular weight excluding hydrogens is 384 g/mol. The summed E-state index contributed by atoms with van der Waals surface area (Å²) in [6, 6.07) is 9.12. The molecule has 0 radical (unpaired) electrons. The van der Waals surface area contributed by atoms with Gasteiger partial charge in [0.2, 0.25) is 5.91 Å². The molecule has 0 aliphatic carbocycles. The lowest BCUT2D eigenvalue weighted by Gasteiger charge is -2.11. The minimum atomic E-state index is -0.531. The van der Waals surface area contributed by atoms with Gasteiger partial charge in [0.25, 0.3) is 0 Å². The number of rotatable bonds is 7. The number of carbonyl (C=O) groups excluding carboxylic acids is 2. The minimum absolute atomic E-state index is 0.0774. The quantitative estimate of drug-likeness (QED) is 0.634. The lowest BCUT2D eigenvalue weighted by molar-refractivity contribution is -0.120. The number of halogens is 1. The number of nitrogens with zero attached hydrogens (tertiary/aromatic N) is 1. The van der Waals surface area contributed by atoms with Crippen LogP contribution in [0.3, 0.4) is 0 Å². The zero-order valence-corrected chi connectivity index (χ0v) is 17.0. The SMILES string of the molecule is CCC(CC)C(=O)Nc1sc(C(=O)OCc2cccc(Cl)c2)c(C)c1C#N. The van der Waals surface area contributed by atoms with Gasteiger partial charge in [0.05, 0.1) is 5.56 Å². The lowest BCUT2D eigenvalue weighted by atomic mass is 10.0. The molecule has 5 nitrogen and oxygen atoms in total. The Kier molecular flexibility index (Phi) is 7.40. The van der Waals surface area contributed by atoms with Crippen molar-refractivity contribution < 1.29 is 14.3 Å². The van der Waals surface area contributed by atoms with Crippen molar-refractivity contribution in [3.05, 3.63) is 50.9 Å². The van der Waals surface area contributed by atoms with Crippen LogP contribution < -0.4 is 5.32 Å². The number of hydrogen-bond donors (Lipinski definition) is 1. The van der Waals surface area contributed by atoms with Crippen LogP contribution in [0, 0.1) is 24.2 Å². The van der Waals surface area contributed by atoms with Crippen LogP contribution in [0.5, 0.6) is 0 Å². The third-order valence-electron chi connectivity index (χ3n) is 4.30. The average molecular weight is 405 g/mol. The van der Waals surface area contributed by atoms with E-state index in [1.807, 2.05) is 19.9 Å². The second kappa shape index (κ2) is 9.54. The van der Waals surface area contributed by atoms with Crippen molar-refractivity contribution in [2.75, 3.05) is 5.32 Å². The highest BCUT2D eigenvalue weighted by atomic mass is 35.5. The first-order valence-corrected chi connectivity index (χ1v) is 9.86. The predicted molar refractivity (Wildman–Crippen MR) is 107 cm³/mol. The molecule has 0 aliphatic rings. The standard InChI is InChI=1S/C20H21ClN2O3S/c1-4-14(5-2)18(24)23-19-16(10-22)12(3)17(27-19)20(25)26-11-13-7-6-8-15(21)9-13/h6-9,14H,4-5,11H2,1-3H3,(H,23,24). The summed E-state index contributed by atoms with van der Waals surface area (Å²) in [5.74, 6) is -0.800. The highest BCUT2D eigenvalue weighted by molar-refractivity contribution is 7.18. The highest BCUT2D eigenvalue weighted by Crippen LogP contribution is 2.33. The van der Waals surface area contributed by atoms with Crippen molar-refractivity contribution in [3.8, 4) is 6.07 Å². The summed E-state index contributed by atoms with van der Waals surface area (Å²) in [6.07, 6.45) is 1.42. The third-order valence-corrected chi connectivity index (χ3v) is 5.72. The Balaban J connectivity index is 2.17. The van der Waals surface area contributed by atoms with Gasteiger partial charge in [-0.15, -0.1) is 11.3 Å². The van der Waals surface area contributed by atoms with Gasteiger partial charge in [0.1, 0.15) is 22.6 Å². The molecule has 1 amide bonds. The molecule has 0 saturated heterocycles. The van der Waals surface area contributed by atoms with Gasteiger partial charge in [-0.05, 0) is 43.0 Å². The molecule has 7 heteroatoms. The third kappa shape index (κ3) is 5.09. The zero-order chi connectivity index (χ0) is 20.0. The van der Waals surface area contributed by atoms with E-state index in [1.54, 1.807) is 25.1 Å². The van der Waals surface area contributed by atoms with E-state index >= 15 is 0 Å². The molecule has 2 rings (SSSR count). The topological polar surface area (TPSA) is 79.2 Å². The molecule has 0 saturated carbocycles. The van der Waals surface area contributed by atoms with E-state index < -0.39 is 5.97 Å². The van der Waals surface area contributed by atoms with Crippen LogP contribution in [0.1, 0.15) is 53.1 Å². The maximum Gasteiger partial charge on any atom is 0.349 e. The number of nitrogens with one attached hydrogen (secondary N) is 1. The maximum absolute atomic E-state index is 12.5. The number of esters is 1. The van der Waals surface area contributed by atoms with Crippen LogP contribution in [0.2, 0.25) is 5.02 Å². The number of benzene rings is 1. The van der Waals surface area contributed by atoms with Crippen LogP contribution in [-0.4, -0.2) is 11.9 Å². The average Bonchev–Trinajstić information content (AvgIpc) is 2.96. The molecule has 0 unspecified atom stereocenters. The molecule has 1 heterocycles. The fourth-order valence-electron chi connectivity index (χ4n) is 2.65. The number of ether oxygens (including phenoxy) is 1. The summed E-state index contributed by atoms with van der Waals surface area (Å²) in [5.41, 5.74) is 1.58. The number of anilines is 1. The largest absolute Gasteiger partial charge is 0.457 e. The number of amides is 1. The molecule has 2 aromatic rings. The van der Waals surface area contributed by atoms with Crippen molar-refractivity contribution >= 4 is 39.8 Å². The van der Waals surface area contributed by atoms with Crippen LogP contribution in [0.25, 0.3) is 0 Å². The smallest absolute Gasteiger partial charge is 0.349 e. The first-order valence-electron chi connectivity index (χ1n) is 8.67. The number of thiophene rings is 1. The van der Waals surface area contributed by atoms with Gasteiger partial charge in [-0.3, -0.25) is 4.79 Å². The molecule has 0 atom stereocenters. The number of carbonyl (C=O) groups is 2. The van der Waals surface area contributed by atoms with E-state index in [9.17, 15) is 14.9 Å². The first kappa shape index (κ1) is 20.9. The molecule has 0 spiro atoms. The Morgan fingerprint density at radius 1 is 1.33 bits per heavy atom. The van der Waals surface area contributed by atoms with E-state index in [4.69, 9.17) is 16.3 Å². The van der Waals surface area contributed by atoms with Crippen molar-refractivity contribution in [3.63, 3.8) is 0 Å². The fourth-order valence-corrected chi connectivity index (χ4v) is 3.91. The molecule has 1 aromatic heterocycles. The fraction of sp³-hybridized carbons (Fsp3) is 0.350. The van der Waals surface area contributed by atoms with Crippen molar-refractivity contribution in [1.29, 1.82) is 5.26 Å². The molecule has 0 aliphatic heterocycles. The number of hydrogen-bond acceptors (Lipinski definition) is 5. The van der Waals surface area contributed by atoms with Gasteiger partial charge in [0, 0.05) is 10.9 Å². The molecule has 0 fully saturated rings. The zero-order valence-electron chi connectivity index (χ0n) is 15.5. The van der Waals surface area contributed by atoms with Crippen LogP contribution >= 0.6 is 22.9 Å². The summed E-state index contributed by atoms with van der Waals surface area (Å²) in [6.45, 7) is 5.64. The molecule has 1 N–H and O–H groups in total. The molecule has 0 bridgehead atoms. The monoisotopic (exact) mass is 404 g/mol. The predicted octanol–water partition coefficient (Wildman–Crippen LogP) is 5.31.